The monoisotopic (exact) mass is 356 g/mol. The maximum Gasteiger partial charge on any atom is 0.240 e. The van der Waals surface area contributed by atoms with E-state index in [1.807, 2.05) is 6.92 Å². The molecule has 0 bridgehead atoms. The Kier molecular flexibility index (Phi) is 4.42. The number of carbonyl (C=O) groups is 1. The lowest BCUT2D eigenvalue weighted by Gasteiger charge is -2.19. The first kappa shape index (κ1) is 16.7. The van der Waals surface area contributed by atoms with Crippen LogP contribution in [0.3, 0.4) is 0 Å². The van der Waals surface area contributed by atoms with Gasteiger partial charge in [0.15, 0.2) is 0 Å². The van der Waals surface area contributed by atoms with Crippen LogP contribution >= 0.6 is 11.6 Å². The maximum atomic E-state index is 12.6. The lowest BCUT2D eigenvalue weighted by atomic mass is 9.99. The molecule has 1 amide bonds. The highest BCUT2D eigenvalue weighted by Crippen LogP contribution is 2.41. The summed E-state index contributed by atoms with van der Waals surface area (Å²) < 4.78 is 28.1. The molecule has 1 saturated carbocycles. The van der Waals surface area contributed by atoms with Gasteiger partial charge in [0.2, 0.25) is 15.9 Å². The van der Waals surface area contributed by atoms with E-state index in [0.717, 1.165) is 18.4 Å². The molecule has 3 rings (SSSR count). The van der Waals surface area contributed by atoms with Crippen molar-refractivity contribution < 1.29 is 13.2 Å². The van der Waals surface area contributed by atoms with E-state index in [0.29, 0.717) is 24.0 Å². The summed E-state index contributed by atoms with van der Waals surface area (Å²) in [5.41, 5.74) is 0.838. The molecule has 1 N–H and O–H groups in total. The van der Waals surface area contributed by atoms with Crippen molar-refractivity contribution in [3.63, 3.8) is 0 Å². The van der Waals surface area contributed by atoms with Gasteiger partial charge in [0, 0.05) is 31.1 Å². The molecule has 0 spiro atoms. The maximum absolute atomic E-state index is 12.6. The molecule has 1 saturated heterocycles. The van der Waals surface area contributed by atoms with Gasteiger partial charge in [-0.2, -0.15) is 0 Å². The van der Waals surface area contributed by atoms with Gasteiger partial charge >= 0.3 is 0 Å². The second-order valence-corrected chi connectivity index (χ2v) is 8.69. The third-order valence-corrected chi connectivity index (χ3v) is 6.69. The average molecular weight is 357 g/mol. The molecule has 2 aliphatic rings. The summed E-state index contributed by atoms with van der Waals surface area (Å²) in [6.45, 7) is 4.44. The van der Waals surface area contributed by atoms with Crippen LogP contribution in [0.15, 0.2) is 23.1 Å². The number of halogens is 1. The van der Waals surface area contributed by atoms with Crippen LogP contribution in [0.1, 0.15) is 25.3 Å². The number of nitrogens with zero attached hydrogens (tertiary/aromatic N) is 1. The number of hydrogen-bond donors (Lipinski definition) is 1. The number of amides is 1. The summed E-state index contributed by atoms with van der Waals surface area (Å²) in [5.74, 6) is 0.721. The zero-order chi connectivity index (χ0) is 16.8. The van der Waals surface area contributed by atoms with Gasteiger partial charge in [0.05, 0.1) is 4.90 Å². The van der Waals surface area contributed by atoms with Crippen molar-refractivity contribution in [2.45, 2.75) is 37.6 Å². The molecular weight excluding hydrogens is 336 g/mol. The Balaban J connectivity index is 1.80. The van der Waals surface area contributed by atoms with Crippen LogP contribution in [0.5, 0.6) is 0 Å². The molecule has 1 aromatic carbocycles. The van der Waals surface area contributed by atoms with E-state index in [-0.39, 0.29) is 22.8 Å². The summed E-state index contributed by atoms with van der Waals surface area (Å²) in [4.78, 5) is 13.5. The van der Waals surface area contributed by atoms with Gasteiger partial charge < -0.3 is 4.90 Å². The highest BCUT2D eigenvalue weighted by molar-refractivity contribution is 7.89. The molecule has 0 unspecified atom stereocenters. The van der Waals surface area contributed by atoms with Crippen molar-refractivity contribution in [2.24, 2.45) is 11.8 Å². The number of nitrogens with one attached hydrogen (secondary N) is 1. The van der Waals surface area contributed by atoms with E-state index in [4.69, 9.17) is 11.6 Å². The van der Waals surface area contributed by atoms with E-state index in [1.54, 1.807) is 17.0 Å². The smallest absolute Gasteiger partial charge is 0.240 e. The summed E-state index contributed by atoms with van der Waals surface area (Å²) >= 11 is 6.05. The van der Waals surface area contributed by atoms with Crippen molar-refractivity contribution in [3.05, 3.63) is 28.8 Å². The van der Waals surface area contributed by atoms with Crippen molar-refractivity contribution >= 4 is 27.5 Å². The second kappa shape index (κ2) is 6.07. The van der Waals surface area contributed by atoms with Gasteiger partial charge in [-0.15, -0.1) is 0 Å². The number of carbonyl (C=O) groups excluding carboxylic acids is 1. The normalized spacial score (nSPS) is 24.9. The van der Waals surface area contributed by atoms with Gasteiger partial charge in [-0.25, -0.2) is 13.1 Å². The van der Waals surface area contributed by atoms with Crippen molar-refractivity contribution in [1.29, 1.82) is 0 Å². The minimum atomic E-state index is -3.64. The first-order valence-electron chi connectivity index (χ1n) is 7.82. The predicted octanol–water partition coefficient (Wildman–Crippen LogP) is 2.18. The van der Waals surface area contributed by atoms with Crippen molar-refractivity contribution in [3.8, 4) is 0 Å². The molecule has 0 aromatic heterocycles. The molecule has 1 heterocycles. The lowest BCUT2D eigenvalue weighted by Crippen LogP contribution is -2.41. The number of sulfonamides is 1. The third kappa shape index (κ3) is 3.54. The average Bonchev–Trinajstić information content (AvgIpc) is 3.23. The Morgan fingerprint density at radius 1 is 1.30 bits per heavy atom. The first-order chi connectivity index (χ1) is 10.8. The SMILES string of the molecule is CC(=O)N1C[C@@H](NS(=O)(=O)c2ccc(C)c(Cl)c2)[C@H](C2CC2)C1. The third-order valence-electron chi connectivity index (χ3n) is 4.80. The quantitative estimate of drug-likeness (QED) is 0.899. The molecule has 1 aliphatic heterocycles. The Bertz CT molecular complexity index is 731. The standard InChI is InChI=1S/C16H21ClN2O3S/c1-10-3-6-13(7-15(10)17)23(21,22)18-16-9-19(11(2)20)8-14(16)12-4-5-12/h3,6-7,12,14,16,18H,4-5,8-9H2,1-2H3/t14-,16+/m0/s1. The zero-order valence-electron chi connectivity index (χ0n) is 13.3. The van der Waals surface area contributed by atoms with Crippen LogP contribution in [0, 0.1) is 18.8 Å². The lowest BCUT2D eigenvalue weighted by molar-refractivity contribution is -0.128. The predicted molar refractivity (Wildman–Crippen MR) is 88.8 cm³/mol. The number of hydrogen-bond acceptors (Lipinski definition) is 3. The molecule has 7 heteroatoms. The minimum Gasteiger partial charge on any atom is -0.341 e. The Morgan fingerprint density at radius 2 is 2.00 bits per heavy atom. The Labute approximate surface area is 142 Å². The van der Waals surface area contributed by atoms with E-state index in [2.05, 4.69) is 4.72 Å². The molecule has 23 heavy (non-hydrogen) atoms. The van der Waals surface area contributed by atoms with Crippen LogP contribution in [0.2, 0.25) is 5.02 Å². The van der Waals surface area contributed by atoms with Crippen LogP contribution in [0.4, 0.5) is 0 Å². The zero-order valence-corrected chi connectivity index (χ0v) is 14.8. The van der Waals surface area contributed by atoms with E-state index >= 15 is 0 Å². The second-order valence-electron chi connectivity index (χ2n) is 6.56. The summed E-state index contributed by atoms with van der Waals surface area (Å²) in [5, 5.41) is 0.434. The fraction of sp³-hybridized carbons (Fsp3) is 0.562. The number of aryl methyl sites for hydroxylation is 1. The van der Waals surface area contributed by atoms with Gasteiger partial charge in [0.1, 0.15) is 0 Å². The number of likely N-dealkylation sites (tertiary alicyclic amines) is 1. The van der Waals surface area contributed by atoms with E-state index < -0.39 is 10.0 Å². The topological polar surface area (TPSA) is 66.5 Å². The van der Waals surface area contributed by atoms with Gasteiger partial charge in [-0.1, -0.05) is 17.7 Å². The highest BCUT2D eigenvalue weighted by atomic mass is 35.5. The number of rotatable bonds is 4. The number of benzene rings is 1. The molecular formula is C16H21ClN2O3S. The Morgan fingerprint density at radius 3 is 2.57 bits per heavy atom. The fourth-order valence-electron chi connectivity index (χ4n) is 3.22. The molecule has 0 radical (unpaired) electrons. The Hall–Kier alpha value is -1.11. The first-order valence-corrected chi connectivity index (χ1v) is 9.68. The molecule has 2 atom stereocenters. The molecule has 1 aromatic rings. The van der Waals surface area contributed by atoms with Crippen molar-refractivity contribution in [1.82, 2.24) is 9.62 Å². The van der Waals surface area contributed by atoms with Crippen LogP contribution in [-0.2, 0) is 14.8 Å². The summed E-state index contributed by atoms with van der Waals surface area (Å²) in [6.07, 6.45) is 2.23. The molecule has 126 valence electrons. The minimum absolute atomic E-state index is 0.00396. The molecule has 5 nitrogen and oxygen atoms in total. The molecule has 2 fully saturated rings. The van der Waals surface area contributed by atoms with Crippen molar-refractivity contribution in [2.75, 3.05) is 13.1 Å². The van der Waals surface area contributed by atoms with Crippen LogP contribution in [-0.4, -0.2) is 38.4 Å². The van der Waals surface area contributed by atoms with Crippen LogP contribution in [0.25, 0.3) is 0 Å². The summed E-state index contributed by atoms with van der Waals surface area (Å²) in [6, 6.07) is 4.51. The summed E-state index contributed by atoms with van der Waals surface area (Å²) in [7, 11) is -3.64. The largest absolute Gasteiger partial charge is 0.341 e. The fourth-order valence-corrected chi connectivity index (χ4v) is 4.77. The van der Waals surface area contributed by atoms with Gasteiger partial charge in [0.25, 0.3) is 0 Å². The van der Waals surface area contributed by atoms with Crippen LogP contribution < -0.4 is 4.72 Å². The van der Waals surface area contributed by atoms with E-state index in [9.17, 15) is 13.2 Å². The molecule has 1 aliphatic carbocycles. The van der Waals surface area contributed by atoms with E-state index in [1.165, 1.54) is 13.0 Å². The highest BCUT2D eigenvalue weighted by Gasteiger charge is 2.44. The van der Waals surface area contributed by atoms with Gasteiger partial charge in [-0.05, 0) is 49.3 Å². The van der Waals surface area contributed by atoms with Gasteiger partial charge in [-0.3, -0.25) is 4.79 Å².